The molecule has 2 heterocycles. The molecule has 4 aromatic rings. The zero-order valence-electron chi connectivity index (χ0n) is 12.3. The van der Waals surface area contributed by atoms with Crippen LogP contribution in [0.1, 0.15) is 0 Å². The normalized spacial score (nSPS) is 10.9. The van der Waals surface area contributed by atoms with Crippen molar-refractivity contribution in [3.63, 3.8) is 0 Å². The number of aromatic nitrogens is 2. The highest BCUT2D eigenvalue weighted by molar-refractivity contribution is 6.43. The molecule has 0 aliphatic rings. The molecule has 0 aliphatic heterocycles. The molecule has 0 atom stereocenters. The number of hydrogen-bond donors (Lipinski definition) is 1. The third-order valence-corrected chi connectivity index (χ3v) is 4.37. The van der Waals surface area contributed by atoms with Crippen molar-refractivity contribution in [2.45, 2.75) is 0 Å². The van der Waals surface area contributed by atoms with Gasteiger partial charge in [-0.2, -0.15) is 0 Å². The molecule has 118 valence electrons. The first kappa shape index (κ1) is 15.0. The van der Waals surface area contributed by atoms with Crippen LogP contribution < -0.4 is 5.32 Å². The molecule has 0 saturated carbocycles. The van der Waals surface area contributed by atoms with E-state index in [9.17, 15) is 0 Å². The van der Waals surface area contributed by atoms with Crippen LogP contribution >= 0.6 is 23.2 Å². The van der Waals surface area contributed by atoms with Gasteiger partial charge in [0.25, 0.3) is 0 Å². The molecule has 0 bridgehead atoms. The van der Waals surface area contributed by atoms with Gasteiger partial charge in [0.1, 0.15) is 5.82 Å². The molecule has 4 rings (SSSR count). The van der Waals surface area contributed by atoms with E-state index in [0.29, 0.717) is 33.1 Å². The number of fused-ring (bicyclic) bond motifs is 1. The van der Waals surface area contributed by atoms with Gasteiger partial charge in [0.05, 0.1) is 27.5 Å². The van der Waals surface area contributed by atoms with Crippen LogP contribution in [0.4, 0.5) is 11.5 Å². The third-order valence-electron chi connectivity index (χ3n) is 3.55. The first-order chi connectivity index (χ1) is 11.7. The number of benzene rings is 2. The van der Waals surface area contributed by atoms with Gasteiger partial charge in [-0.25, -0.2) is 9.97 Å². The summed E-state index contributed by atoms with van der Waals surface area (Å²) in [6, 6.07) is 16.8. The lowest BCUT2D eigenvalue weighted by molar-refractivity contribution is 0.577. The molecule has 1 N–H and O–H groups in total. The Morgan fingerprint density at radius 3 is 2.58 bits per heavy atom. The highest BCUT2D eigenvalue weighted by atomic mass is 35.5. The molecule has 2 aromatic carbocycles. The van der Waals surface area contributed by atoms with Crippen molar-refractivity contribution in [3.05, 3.63) is 70.9 Å². The molecule has 0 radical (unpaired) electrons. The maximum atomic E-state index is 6.28. The van der Waals surface area contributed by atoms with Gasteiger partial charge in [-0.15, -0.1) is 0 Å². The predicted octanol–water partition coefficient (Wildman–Crippen LogP) is 5.94. The molecule has 24 heavy (non-hydrogen) atoms. The molecular formula is C18H11Cl2N3O. The fourth-order valence-electron chi connectivity index (χ4n) is 2.42. The number of anilines is 2. The minimum atomic E-state index is 0.446. The van der Waals surface area contributed by atoms with Crippen LogP contribution in [-0.2, 0) is 0 Å². The number of furan rings is 1. The van der Waals surface area contributed by atoms with E-state index in [1.54, 1.807) is 18.4 Å². The van der Waals surface area contributed by atoms with Crippen molar-refractivity contribution in [2.75, 3.05) is 5.32 Å². The Bertz CT molecular complexity index is 1020. The summed E-state index contributed by atoms with van der Waals surface area (Å²) in [7, 11) is 0. The fourth-order valence-corrected chi connectivity index (χ4v) is 2.76. The fraction of sp³-hybridized carbons (Fsp3) is 0. The highest BCUT2D eigenvalue weighted by Crippen LogP contribution is 2.33. The minimum Gasteiger partial charge on any atom is -0.461 e. The number of para-hydroxylation sites is 1. The molecular weight excluding hydrogens is 345 g/mol. The Morgan fingerprint density at radius 1 is 0.875 bits per heavy atom. The molecule has 0 fully saturated rings. The molecule has 6 heteroatoms. The van der Waals surface area contributed by atoms with Crippen molar-refractivity contribution >= 4 is 45.6 Å². The summed E-state index contributed by atoms with van der Waals surface area (Å²) in [6.07, 6.45) is 1.59. The van der Waals surface area contributed by atoms with E-state index in [-0.39, 0.29) is 0 Å². The summed E-state index contributed by atoms with van der Waals surface area (Å²) >= 11 is 12.4. The van der Waals surface area contributed by atoms with Gasteiger partial charge >= 0.3 is 0 Å². The maximum Gasteiger partial charge on any atom is 0.198 e. The van der Waals surface area contributed by atoms with Gasteiger partial charge < -0.3 is 9.73 Å². The van der Waals surface area contributed by atoms with E-state index >= 15 is 0 Å². The van der Waals surface area contributed by atoms with Gasteiger partial charge in [-0.1, -0.05) is 41.4 Å². The highest BCUT2D eigenvalue weighted by Gasteiger charge is 2.13. The van der Waals surface area contributed by atoms with Gasteiger partial charge in [-0.3, -0.25) is 0 Å². The second kappa shape index (κ2) is 6.15. The third kappa shape index (κ3) is 2.70. The second-order valence-corrected chi connectivity index (χ2v) is 5.90. The molecule has 2 aromatic heterocycles. The van der Waals surface area contributed by atoms with E-state index in [4.69, 9.17) is 27.6 Å². The molecule has 4 nitrogen and oxygen atoms in total. The monoisotopic (exact) mass is 355 g/mol. The SMILES string of the molecule is Clc1cccc(Nc2nc(-c3ccco3)nc3ccccc23)c1Cl. The summed E-state index contributed by atoms with van der Waals surface area (Å²) in [4.78, 5) is 9.15. The van der Waals surface area contributed by atoms with Crippen LogP contribution in [-0.4, -0.2) is 9.97 Å². The largest absolute Gasteiger partial charge is 0.461 e. The summed E-state index contributed by atoms with van der Waals surface area (Å²) in [5.74, 6) is 1.73. The van der Waals surface area contributed by atoms with Crippen LogP contribution in [0.3, 0.4) is 0 Å². The minimum absolute atomic E-state index is 0.446. The molecule has 0 amide bonds. The molecule has 0 saturated heterocycles. The second-order valence-electron chi connectivity index (χ2n) is 5.12. The lowest BCUT2D eigenvalue weighted by Gasteiger charge is -2.12. The van der Waals surface area contributed by atoms with Gasteiger partial charge in [0.2, 0.25) is 0 Å². The lowest BCUT2D eigenvalue weighted by Crippen LogP contribution is -1.99. The van der Waals surface area contributed by atoms with Crippen molar-refractivity contribution < 1.29 is 4.42 Å². The molecule has 0 aliphatic carbocycles. The van der Waals surface area contributed by atoms with Crippen LogP contribution in [0.15, 0.2) is 65.3 Å². The van der Waals surface area contributed by atoms with Crippen LogP contribution in [0.25, 0.3) is 22.5 Å². The van der Waals surface area contributed by atoms with E-state index in [2.05, 4.69) is 15.3 Å². The zero-order chi connectivity index (χ0) is 16.5. The molecule has 0 spiro atoms. The Balaban J connectivity index is 1.88. The zero-order valence-corrected chi connectivity index (χ0v) is 13.8. The average Bonchev–Trinajstić information content (AvgIpc) is 3.13. The topological polar surface area (TPSA) is 51.0 Å². The Kier molecular flexibility index (Phi) is 3.84. The lowest BCUT2D eigenvalue weighted by atomic mass is 10.2. The van der Waals surface area contributed by atoms with Gasteiger partial charge in [0, 0.05) is 5.39 Å². The van der Waals surface area contributed by atoms with Crippen LogP contribution in [0.5, 0.6) is 0 Å². The van der Waals surface area contributed by atoms with Crippen molar-refractivity contribution in [3.8, 4) is 11.6 Å². The van der Waals surface area contributed by atoms with Crippen molar-refractivity contribution in [1.82, 2.24) is 9.97 Å². The number of nitrogens with zero attached hydrogens (tertiary/aromatic N) is 2. The van der Waals surface area contributed by atoms with E-state index in [1.165, 1.54) is 0 Å². The predicted molar refractivity (Wildman–Crippen MR) is 97.0 cm³/mol. The Morgan fingerprint density at radius 2 is 1.75 bits per heavy atom. The maximum absolute atomic E-state index is 6.28. The summed E-state index contributed by atoms with van der Waals surface area (Å²) < 4.78 is 5.42. The van der Waals surface area contributed by atoms with Crippen LogP contribution in [0, 0.1) is 0 Å². The first-order valence-electron chi connectivity index (χ1n) is 7.24. The molecule has 0 unspecified atom stereocenters. The van der Waals surface area contributed by atoms with E-state index < -0.39 is 0 Å². The summed E-state index contributed by atoms with van der Waals surface area (Å²) in [5, 5.41) is 5.05. The average molecular weight is 356 g/mol. The summed E-state index contributed by atoms with van der Waals surface area (Å²) in [5.41, 5.74) is 1.48. The number of rotatable bonds is 3. The van der Waals surface area contributed by atoms with Crippen molar-refractivity contribution in [2.24, 2.45) is 0 Å². The van der Waals surface area contributed by atoms with Gasteiger partial charge in [0.15, 0.2) is 11.6 Å². The summed E-state index contributed by atoms with van der Waals surface area (Å²) in [6.45, 7) is 0. The first-order valence-corrected chi connectivity index (χ1v) is 7.99. The number of nitrogens with one attached hydrogen (secondary N) is 1. The Labute approximate surface area is 148 Å². The number of hydrogen-bond acceptors (Lipinski definition) is 4. The quantitative estimate of drug-likeness (QED) is 0.494. The van der Waals surface area contributed by atoms with E-state index in [1.807, 2.05) is 42.5 Å². The standard InChI is InChI=1S/C18H11Cl2N3O/c19-12-6-3-8-14(16(12)20)22-17-11-5-1-2-7-13(11)21-18(23-17)15-9-4-10-24-15/h1-10H,(H,21,22,23). The number of halogens is 2. The van der Waals surface area contributed by atoms with Crippen molar-refractivity contribution in [1.29, 1.82) is 0 Å². The smallest absolute Gasteiger partial charge is 0.198 e. The van der Waals surface area contributed by atoms with E-state index in [0.717, 1.165) is 10.9 Å². The van der Waals surface area contributed by atoms with Gasteiger partial charge in [-0.05, 0) is 36.4 Å². The van der Waals surface area contributed by atoms with Crippen LogP contribution in [0.2, 0.25) is 10.0 Å². The Hall–Kier alpha value is -2.56.